The Balaban J connectivity index is 1.99. The summed E-state index contributed by atoms with van der Waals surface area (Å²) in [6, 6.07) is 3.49. The van der Waals surface area contributed by atoms with E-state index in [-0.39, 0.29) is 11.9 Å². The van der Waals surface area contributed by atoms with Crippen LogP contribution in [0.15, 0.2) is 17.5 Å². The minimum absolute atomic E-state index is 0.0246. The molecular formula is C15H21N3O2S. The molecule has 0 saturated carbocycles. The summed E-state index contributed by atoms with van der Waals surface area (Å²) in [4.78, 5) is 11.0. The number of aryl methyl sites for hydroxylation is 1. The smallest absolute Gasteiger partial charge is 0.138 e. The predicted octanol–water partition coefficient (Wildman–Crippen LogP) is 2.89. The third-order valence-electron chi connectivity index (χ3n) is 3.21. The lowest BCUT2D eigenvalue weighted by atomic mass is 10.2. The second-order valence-electron chi connectivity index (χ2n) is 5.15. The normalized spacial score (nSPS) is 12.8. The molecule has 0 aliphatic heterocycles. The molecule has 0 spiro atoms. The van der Waals surface area contributed by atoms with Crippen molar-refractivity contribution in [2.24, 2.45) is 0 Å². The summed E-state index contributed by atoms with van der Waals surface area (Å²) in [5.41, 5.74) is 2.60. The third kappa shape index (κ3) is 4.23. The predicted molar refractivity (Wildman–Crippen MR) is 83.3 cm³/mol. The molecule has 21 heavy (non-hydrogen) atoms. The summed E-state index contributed by atoms with van der Waals surface area (Å²) < 4.78 is 5.27. The van der Waals surface area contributed by atoms with Gasteiger partial charge in [0.2, 0.25) is 0 Å². The molecule has 0 amide bonds. The Bertz CT molecular complexity index is 600. The molecule has 0 aromatic carbocycles. The third-order valence-corrected chi connectivity index (χ3v) is 4.27. The highest BCUT2D eigenvalue weighted by atomic mass is 32.1. The number of nitrogens with zero attached hydrogens (tertiary/aromatic N) is 3. The number of hydrogen-bond donors (Lipinski definition) is 1. The molecule has 2 heterocycles. The SMILES string of the molecule is COC(C)c1nc(CN(C)Cc2nc(C)ccc2O)cs1. The molecule has 6 heteroatoms. The van der Waals surface area contributed by atoms with Crippen molar-refractivity contribution in [3.05, 3.63) is 39.6 Å². The summed E-state index contributed by atoms with van der Waals surface area (Å²) in [7, 11) is 3.67. The van der Waals surface area contributed by atoms with Gasteiger partial charge in [0.1, 0.15) is 16.9 Å². The van der Waals surface area contributed by atoms with E-state index in [9.17, 15) is 5.11 Å². The lowest BCUT2D eigenvalue weighted by molar-refractivity contribution is 0.119. The van der Waals surface area contributed by atoms with Crippen LogP contribution >= 0.6 is 11.3 Å². The Morgan fingerprint density at radius 1 is 1.33 bits per heavy atom. The van der Waals surface area contributed by atoms with Gasteiger partial charge in [0.05, 0.1) is 11.4 Å². The number of methoxy groups -OCH3 is 1. The first kappa shape index (κ1) is 15.9. The maximum absolute atomic E-state index is 9.84. The van der Waals surface area contributed by atoms with Crippen molar-refractivity contribution in [3.8, 4) is 5.75 Å². The minimum atomic E-state index is 0.0246. The van der Waals surface area contributed by atoms with Gasteiger partial charge in [-0.3, -0.25) is 9.88 Å². The van der Waals surface area contributed by atoms with Gasteiger partial charge in [-0.1, -0.05) is 0 Å². The lowest BCUT2D eigenvalue weighted by Gasteiger charge is -2.15. The van der Waals surface area contributed by atoms with Gasteiger partial charge < -0.3 is 9.84 Å². The van der Waals surface area contributed by atoms with Crippen LogP contribution in [0, 0.1) is 6.92 Å². The topological polar surface area (TPSA) is 58.5 Å². The Hall–Kier alpha value is -1.50. The summed E-state index contributed by atoms with van der Waals surface area (Å²) in [5, 5.41) is 12.9. The van der Waals surface area contributed by atoms with E-state index in [1.54, 1.807) is 30.6 Å². The van der Waals surface area contributed by atoms with E-state index in [1.165, 1.54) is 0 Å². The summed E-state index contributed by atoms with van der Waals surface area (Å²) in [5.74, 6) is 0.236. The monoisotopic (exact) mass is 307 g/mol. The molecule has 0 fully saturated rings. The first-order valence-electron chi connectivity index (χ1n) is 6.80. The van der Waals surface area contributed by atoms with Gasteiger partial charge in [0.15, 0.2) is 0 Å². The van der Waals surface area contributed by atoms with E-state index < -0.39 is 0 Å². The van der Waals surface area contributed by atoms with Crippen LogP contribution in [0.4, 0.5) is 0 Å². The fourth-order valence-corrected chi connectivity index (χ4v) is 2.83. The summed E-state index contributed by atoms with van der Waals surface area (Å²) in [6.45, 7) is 5.20. The van der Waals surface area contributed by atoms with E-state index in [0.717, 1.165) is 16.4 Å². The van der Waals surface area contributed by atoms with Crippen LogP contribution in [0.5, 0.6) is 5.75 Å². The van der Waals surface area contributed by atoms with Crippen molar-refractivity contribution in [1.82, 2.24) is 14.9 Å². The zero-order valence-electron chi connectivity index (χ0n) is 12.8. The molecule has 1 unspecified atom stereocenters. The average Bonchev–Trinajstić information content (AvgIpc) is 2.90. The molecule has 5 nitrogen and oxygen atoms in total. The molecule has 0 aliphatic carbocycles. The Kier molecular flexibility index (Phi) is 5.27. The van der Waals surface area contributed by atoms with Crippen LogP contribution in [0.2, 0.25) is 0 Å². The number of hydrogen-bond acceptors (Lipinski definition) is 6. The zero-order valence-corrected chi connectivity index (χ0v) is 13.6. The molecule has 2 aromatic rings. The van der Waals surface area contributed by atoms with Gasteiger partial charge in [0, 0.05) is 31.3 Å². The van der Waals surface area contributed by atoms with E-state index in [1.807, 2.05) is 26.3 Å². The molecule has 2 rings (SSSR count). The molecule has 0 radical (unpaired) electrons. The number of thiazole rings is 1. The van der Waals surface area contributed by atoms with Crippen molar-refractivity contribution < 1.29 is 9.84 Å². The highest BCUT2D eigenvalue weighted by Gasteiger charge is 2.12. The maximum Gasteiger partial charge on any atom is 0.138 e. The lowest BCUT2D eigenvalue weighted by Crippen LogP contribution is -2.18. The number of rotatable bonds is 6. The van der Waals surface area contributed by atoms with E-state index >= 15 is 0 Å². The van der Waals surface area contributed by atoms with Crippen molar-refractivity contribution in [2.45, 2.75) is 33.0 Å². The first-order chi connectivity index (χ1) is 9.99. The van der Waals surface area contributed by atoms with Crippen molar-refractivity contribution in [1.29, 1.82) is 0 Å². The molecule has 2 aromatic heterocycles. The standard InChI is InChI=1S/C15H21N3O2S/c1-10-5-6-14(19)13(16-10)8-18(3)7-12-9-21-15(17-12)11(2)20-4/h5-6,9,11,19H,7-8H2,1-4H3. The second kappa shape index (κ2) is 6.98. The first-order valence-corrected chi connectivity index (χ1v) is 7.68. The molecule has 0 saturated heterocycles. The van der Waals surface area contributed by atoms with Gasteiger partial charge >= 0.3 is 0 Å². The van der Waals surface area contributed by atoms with Crippen molar-refractivity contribution >= 4 is 11.3 Å². The molecule has 0 aliphatic rings. The van der Waals surface area contributed by atoms with E-state index in [2.05, 4.69) is 14.9 Å². The van der Waals surface area contributed by atoms with E-state index in [0.29, 0.717) is 18.8 Å². The largest absolute Gasteiger partial charge is 0.506 e. The van der Waals surface area contributed by atoms with Crippen LogP contribution in [-0.4, -0.2) is 34.1 Å². The van der Waals surface area contributed by atoms with Gasteiger partial charge in [-0.25, -0.2) is 4.98 Å². The molecular weight excluding hydrogens is 286 g/mol. The van der Waals surface area contributed by atoms with Gasteiger partial charge in [0.25, 0.3) is 0 Å². The highest BCUT2D eigenvalue weighted by molar-refractivity contribution is 7.09. The van der Waals surface area contributed by atoms with Crippen LogP contribution in [0.25, 0.3) is 0 Å². The number of pyridine rings is 1. The fourth-order valence-electron chi connectivity index (χ4n) is 1.99. The Labute approximate surface area is 129 Å². The number of aromatic nitrogens is 2. The van der Waals surface area contributed by atoms with Gasteiger partial charge in [-0.2, -0.15) is 0 Å². The minimum Gasteiger partial charge on any atom is -0.506 e. The quantitative estimate of drug-likeness (QED) is 0.889. The summed E-state index contributed by atoms with van der Waals surface area (Å²) in [6.07, 6.45) is 0.0246. The zero-order chi connectivity index (χ0) is 15.4. The van der Waals surface area contributed by atoms with Crippen LogP contribution in [0.1, 0.15) is 35.1 Å². The van der Waals surface area contributed by atoms with Crippen LogP contribution in [0.3, 0.4) is 0 Å². The van der Waals surface area contributed by atoms with Crippen LogP contribution < -0.4 is 0 Å². The number of aromatic hydroxyl groups is 1. The Morgan fingerprint density at radius 3 is 2.81 bits per heavy atom. The highest BCUT2D eigenvalue weighted by Crippen LogP contribution is 2.22. The maximum atomic E-state index is 9.84. The van der Waals surface area contributed by atoms with Crippen LogP contribution in [-0.2, 0) is 17.8 Å². The number of ether oxygens (including phenoxy) is 1. The van der Waals surface area contributed by atoms with E-state index in [4.69, 9.17) is 4.74 Å². The summed E-state index contributed by atoms with van der Waals surface area (Å²) >= 11 is 1.61. The van der Waals surface area contributed by atoms with Crippen molar-refractivity contribution in [3.63, 3.8) is 0 Å². The average molecular weight is 307 g/mol. The van der Waals surface area contributed by atoms with Gasteiger partial charge in [-0.05, 0) is 33.0 Å². The Morgan fingerprint density at radius 2 is 2.10 bits per heavy atom. The second-order valence-corrected chi connectivity index (χ2v) is 6.04. The molecule has 0 bridgehead atoms. The molecule has 1 N–H and O–H groups in total. The molecule has 114 valence electrons. The van der Waals surface area contributed by atoms with Crippen molar-refractivity contribution in [2.75, 3.05) is 14.2 Å². The fraction of sp³-hybridized carbons (Fsp3) is 0.467. The van der Waals surface area contributed by atoms with Gasteiger partial charge in [-0.15, -0.1) is 11.3 Å². The molecule has 1 atom stereocenters.